The van der Waals surface area contributed by atoms with Crippen LogP contribution >= 0.6 is 0 Å². The van der Waals surface area contributed by atoms with E-state index < -0.39 is 17.9 Å². The summed E-state index contributed by atoms with van der Waals surface area (Å²) in [6.07, 6.45) is 0. The zero-order valence-corrected chi connectivity index (χ0v) is 12.6. The first-order chi connectivity index (χ1) is 11.0. The fourth-order valence-corrected chi connectivity index (χ4v) is 2.90. The molecule has 1 aliphatic heterocycles. The summed E-state index contributed by atoms with van der Waals surface area (Å²) in [5.41, 5.74) is 7.35. The molecule has 2 aromatic carbocycles. The molecule has 5 nitrogen and oxygen atoms in total. The van der Waals surface area contributed by atoms with Crippen molar-refractivity contribution < 1.29 is 14.0 Å². The first kappa shape index (κ1) is 15.0. The van der Waals surface area contributed by atoms with E-state index in [1.165, 1.54) is 21.9 Å². The lowest BCUT2D eigenvalue weighted by molar-refractivity contribution is -0.118. The van der Waals surface area contributed by atoms with Crippen molar-refractivity contribution in [2.45, 2.75) is 6.04 Å². The van der Waals surface area contributed by atoms with Crippen LogP contribution in [-0.2, 0) is 4.79 Å². The van der Waals surface area contributed by atoms with Gasteiger partial charge in [-0.2, -0.15) is 0 Å². The molecule has 0 bridgehead atoms. The summed E-state index contributed by atoms with van der Waals surface area (Å²) in [6, 6.07) is 12.0. The second-order valence-corrected chi connectivity index (χ2v) is 5.44. The summed E-state index contributed by atoms with van der Waals surface area (Å²) in [4.78, 5) is 26.9. The van der Waals surface area contributed by atoms with Gasteiger partial charge in [-0.15, -0.1) is 0 Å². The summed E-state index contributed by atoms with van der Waals surface area (Å²) in [5, 5.41) is 0. The SMILES string of the molecule is CN1C(=O)CN(C(N)=O)C(c2ccccc2)c2cc(F)ccc21. The Hall–Kier alpha value is -2.89. The van der Waals surface area contributed by atoms with E-state index in [0.717, 1.165) is 5.56 Å². The van der Waals surface area contributed by atoms with Gasteiger partial charge in [-0.25, -0.2) is 9.18 Å². The van der Waals surface area contributed by atoms with Gasteiger partial charge in [-0.1, -0.05) is 30.3 Å². The standard InChI is InChI=1S/C17H16FN3O2/c1-20-14-8-7-12(18)9-13(14)16(11-5-3-2-4-6-11)21(17(19)23)10-15(20)22/h2-9,16H,10H2,1H3,(H2,19,23). The van der Waals surface area contributed by atoms with Gasteiger partial charge in [0.05, 0.1) is 6.04 Å². The molecule has 118 valence electrons. The molecule has 6 heteroatoms. The Bertz CT molecular complexity index is 764. The molecule has 0 saturated carbocycles. The molecule has 0 aliphatic carbocycles. The maximum atomic E-state index is 13.8. The number of carbonyl (C=O) groups excluding carboxylic acids is 2. The Balaban J connectivity index is 2.27. The molecular formula is C17H16FN3O2. The van der Waals surface area contributed by atoms with Crippen LogP contribution in [0.1, 0.15) is 17.2 Å². The number of rotatable bonds is 1. The molecule has 3 rings (SSSR count). The average molecular weight is 313 g/mol. The summed E-state index contributed by atoms with van der Waals surface area (Å²) in [5.74, 6) is -0.716. The average Bonchev–Trinajstić information content (AvgIpc) is 2.64. The number of fused-ring (bicyclic) bond motifs is 1. The topological polar surface area (TPSA) is 66.6 Å². The van der Waals surface area contributed by atoms with Gasteiger partial charge < -0.3 is 15.5 Å². The molecule has 0 aromatic heterocycles. The van der Waals surface area contributed by atoms with E-state index >= 15 is 0 Å². The highest BCUT2D eigenvalue weighted by Gasteiger charge is 2.34. The van der Waals surface area contributed by atoms with Crippen LogP contribution in [0.2, 0.25) is 0 Å². The van der Waals surface area contributed by atoms with Crippen molar-refractivity contribution in [2.75, 3.05) is 18.5 Å². The Morgan fingerprint density at radius 3 is 2.57 bits per heavy atom. The summed E-state index contributed by atoms with van der Waals surface area (Å²) in [6.45, 7) is -0.165. The predicted molar refractivity (Wildman–Crippen MR) is 84.4 cm³/mol. The Morgan fingerprint density at radius 2 is 1.91 bits per heavy atom. The van der Waals surface area contributed by atoms with Crippen molar-refractivity contribution in [3.63, 3.8) is 0 Å². The van der Waals surface area contributed by atoms with Crippen molar-refractivity contribution in [2.24, 2.45) is 5.73 Å². The van der Waals surface area contributed by atoms with E-state index in [9.17, 15) is 14.0 Å². The van der Waals surface area contributed by atoms with E-state index in [-0.39, 0.29) is 12.5 Å². The lowest BCUT2D eigenvalue weighted by Gasteiger charge is -2.28. The van der Waals surface area contributed by atoms with E-state index in [1.807, 2.05) is 30.3 Å². The molecule has 0 spiro atoms. The van der Waals surface area contributed by atoms with Crippen molar-refractivity contribution >= 4 is 17.6 Å². The number of primary amides is 1. The minimum absolute atomic E-state index is 0.165. The molecule has 1 unspecified atom stereocenters. The number of nitrogens with two attached hydrogens (primary N) is 1. The predicted octanol–water partition coefficient (Wildman–Crippen LogP) is 2.27. The number of likely N-dealkylation sites (N-methyl/N-ethyl adjacent to an activating group) is 1. The van der Waals surface area contributed by atoms with Crippen molar-refractivity contribution in [3.8, 4) is 0 Å². The van der Waals surface area contributed by atoms with Crippen molar-refractivity contribution in [3.05, 3.63) is 65.5 Å². The molecule has 0 saturated heterocycles. The Labute approximate surface area is 133 Å². The minimum atomic E-state index is -0.724. The number of nitrogens with zero attached hydrogens (tertiary/aromatic N) is 2. The van der Waals surface area contributed by atoms with Crippen LogP contribution in [0.5, 0.6) is 0 Å². The molecule has 2 aromatic rings. The number of anilines is 1. The zero-order valence-electron chi connectivity index (χ0n) is 12.6. The maximum Gasteiger partial charge on any atom is 0.316 e. The third-order valence-electron chi connectivity index (χ3n) is 4.04. The minimum Gasteiger partial charge on any atom is -0.351 e. The molecule has 1 heterocycles. The van der Waals surface area contributed by atoms with Crippen molar-refractivity contribution in [1.29, 1.82) is 0 Å². The molecule has 0 fully saturated rings. The van der Waals surface area contributed by atoms with Gasteiger partial charge in [0.2, 0.25) is 5.91 Å². The van der Waals surface area contributed by atoms with Gasteiger partial charge in [0.25, 0.3) is 0 Å². The largest absolute Gasteiger partial charge is 0.351 e. The van der Waals surface area contributed by atoms with E-state index in [0.29, 0.717) is 11.3 Å². The molecule has 1 aliphatic rings. The quantitative estimate of drug-likeness (QED) is 0.877. The lowest BCUT2D eigenvalue weighted by Crippen LogP contribution is -2.43. The van der Waals surface area contributed by atoms with Gasteiger partial charge >= 0.3 is 6.03 Å². The molecule has 23 heavy (non-hydrogen) atoms. The van der Waals surface area contributed by atoms with Gasteiger partial charge in [-0.05, 0) is 23.8 Å². The molecular weight excluding hydrogens is 297 g/mol. The molecule has 0 radical (unpaired) electrons. The monoisotopic (exact) mass is 313 g/mol. The van der Waals surface area contributed by atoms with Crippen LogP contribution < -0.4 is 10.6 Å². The molecule has 1 atom stereocenters. The number of hydrogen-bond donors (Lipinski definition) is 1. The number of halogens is 1. The first-order valence-corrected chi connectivity index (χ1v) is 7.16. The highest BCUT2D eigenvalue weighted by atomic mass is 19.1. The van der Waals surface area contributed by atoms with E-state index in [4.69, 9.17) is 5.73 Å². The lowest BCUT2D eigenvalue weighted by atomic mass is 9.96. The van der Waals surface area contributed by atoms with Gasteiger partial charge in [-0.3, -0.25) is 4.79 Å². The second-order valence-electron chi connectivity index (χ2n) is 5.44. The third kappa shape index (κ3) is 2.63. The van der Waals surface area contributed by atoms with E-state index in [2.05, 4.69) is 0 Å². The van der Waals surface area contributed by atoms with Crippen molar-refractivity contribution in [1.82, 2.24) is 4.90 Å². The number of benzene rings is 2. The normalized spacial score (nSPS) is 17.7. The number of amides is 3. The number of hydrogen-bond acceptors (Lipinski definition) is 2. The van der Waals surface area contributed by atoms with Crippen LogP contribution in [0.3, 0.4) is 0 Å². The fraction of sp³-hybridized carbons (Fsp3) is 0.176. The van der Waals surface area contributed by atoms with Gasteiger partial charge in [0.15, 0.2) is 0 Å². The third-order valence-corrected chi connectivity index (χ3v) is 4.04. The summed E-state index contributed by atoms with van der Waals surface area (Å²) in [7, 11) is 1.60. The summed E-state index contributed by atoms with van der Waals surface area (Å²) < 4.78 is 13.8. The van der Waals surface area contributed by atoms with Crippen LogP contribution in [0.15, 0.2) is 48.5 Å². The maximum absolute atomic E-state index is 13.8. The van der Waals surface area contributed by atoms with Gasteiger partial charge in [0.1, 0.15) is 12.4 Å². The number of urea groups is 1. The highest BCUT2D eigenvalue weighted by Crippen LogP contribution is 2.37. The Morgan fingerprint density at radius 1 is 1.22 bits per heavy atom. The van der Waals surface area contributed by atoms with Gasteiger partial charge in [0, 0.05) is 18.3 Å². The Kier molecular flexibility index (Phi) is 3.73. The smallest absolute Gasteiger partial charge is 0.316 e. The van der Waals surface area contributed by atoms with Crippen LogP contribution in [0.25, 0.3) is 0 Å². The second kappa shape index (κ2) is 5.72. The van der Waals surface area contributed by atoms with Crippen LogP contribution in [0, 0.1) is 5.82 Å². The van der Waals surface area contributed by atoms with E-state index in [1.54, 1.807) is 13.1 Å². The highest BCUT2D eigenvalue weighted by molar-refractivity contribution is 5.98. The molecule has 2 N–H and O–H groups in total. The molecule has 3 amide bonds. The first-order valence-electron chi connectivity index (χ1n) is 7.16. The van der Waals surface area contributed by atoms with Crippen LogP contribution in [-0.4, -0.2) is 30.4 Å². The van der Waals surface area contributed by atoms with Crippen LogP contribution in [0.4, 0.5) is 14.9 Å². The number of carbonyl (C=O) groups is 2. The zero-order chi connectivity index (χ0) is 16.6. The fourth-order valence-electron chi connectivity index (χ4n) is 2.90. The summed E-state index contributed by atoms with van der Waals surface area (Å²) >= 11 is 0.